The number of aryl methyl sites for hydroxylation is 3. The smallest absolute Gasteiger partial charge is 0.223 e. The number of H-pyrrole nitrogens is 1. The Morgan fingerprint density at radius 3 is 2.91 bits per heavy atom. The van der Waals surface area contributed by atoms with Gasteiger partial charge in [0.2, 0.25) is 5.91 Å². The van der Waals surface area contributed by atoms with Crippen LogP contribution in [0.4, 0.5) is 0 Å². The highest BCUT2D eigenvalue weighted by Crippen LogP contribution is 2.65. The van der Waals surface area contributed by atoms with Crippen LogP contribution < -0.4 is 5.32 Å². The number of carbonyl (C=O) groups is 1. The van der Waals surface area contributed by atoms with E-state index < -0.39 is 0 Å². The first-order valence-electron chi connectivity index (χ1n) is 8.82. The van der Waals surface area contributed by atoms with Gasteiger partial charge in [-0.05, 0) is 62.1 Å². The molecule has 1 aromatic heterocycles. The summed E-state index contributed by atoms with van der Waals surface area (Å²) in [5, 5.41) is 3.11. The third-order valence-electron chi connectivity index (χ3n) is 5.97. The first-order valence-corrected chi connectivity index (χ1v) is 8.82. The van der Waals surface area contributed by atoms with Crippen molar-refractivity contribution in [1.29, 1.82) is 0 Å². The van der Waals surface area contributed by atoms with Gasteiger partial charge in [0.25, 0.3) is 0 Å². The molecule has 1 unspecified atom stereocenters. The van der Waals surface area contributed by atoms with Crippen LogP contribution in [0.5, 0.6) is 0 Å². The molecule has 1 aromatic carbocycles. The maximum Gasteiger partial charge on any atom is 0.223 e. The van der Waals surface area contributed by atoms with Gasteiger partial charge in [0, 0.05) is 18.9 Å². The van der Waals surface area contributed by atoms with E-state index in [4.69, 9.17) is 4.98 Å². The summed E-state index contributed by atoms with van der Waals surface area (Å²) in [7, 11) is 0. The van der Waals surface area contributed by atoms with Crippen LogP contribution in [-0.4, -0.2) is 22.4 Å². The summed E-state index contributed by atoms with van der Waals surface area (Å²) in [6.07, 6.45) is 6.79. The third kappa shape index (κ3) is 2.54. The highest BCUT2D eigenvalue weighted by atomic mass is 16.2. The summed E-state index contributed by atoms with van der Waals surface area (Å²) in [6, 6.07) is 4.23. The van der Waals surface area contributed by atoms with Gasteiger partial charge in [0.05, 0.1) is 11.0 Å². The molecule has 1 amide bonds. The second kappa shape index (κ2) is 5.36. The van der Waals surface area contributed by atoms with E-state index in [0.29, 0.717) is 11.3 Å². The molecule has 1 atom stereocenters. The van der Waals surface area contributed by atoms with Crippen LogP contribution >= 0.6 is 0 Å². The van der Waals surface area contributed by atoms with E-state index in [1.54, 1.807) is 0 Å². The van der Waals surface area contributed by atoms with E-state index in [2.05, 4.69) is 36.3 Å². The van der Waals surface area contributed by atoms with E-state index in [1.165, 1.54) is 30.4 Å². The van der Waals surface area contributed by atoms with E-state index in [-0.39, 0.29) is 5.91 Å². The molecule has 2 saturated carbocycles. The summed E-state index contributed by atoms with van der Waals surface area (Å²) in [5.74, 6) is 1.61. The number of carbonyl (C=O) groups excluding carboxylic acids is 1. The van der Waals surface area contributed by atoms with Crippen molar-refractivity contribution in [3.05, 3.63) is 29.1 Å². The number of aromatic nitrogens is 2. The summed E-state index contributed by atoms with van der Waals surface area (Å²) in [4.78, 5) is 20.2. The molecule has 2 aromatic rings. The van der Waals surface area contributed by atoms with Gasteiger partial charge in [-0.1, -0.05) is 12.5 Å². The molecule has 0 aliphatic heterocycles. The second-order valence-corrected chi connectivity index (χ2v) is 7.45. The number of hydrogen-bond acceptors (Lipinski definition) is 2. The average molecular weight is 311 g/mol. The van der Waals surface area contributed by atoms with Crippen LogP contribution in [0, 0.1) is 25.2 Å². The van der Waals surface area contributed by atoms with Gasteiger partial charge < -0.3 is 10.3 Å². The van der Waals surface area contributed by atoms with Crippen molar-refractivity contribution in [1.82, 2.24) is 15.3 Å². The number of aromatic amines is 1. The Labute approximate surface area is 137 Å². The number of fused-ring (bicyclic) bond motifs is 1. The largest absolute Gasteiger partial charge is 0.356 e. The molecule has 2 aliphatic carbocycles. The molecule has 4 nitrogen and oxygen atoms in total. The third-order valence-corrected chi connectivity index (χ3v) is 5.97. The normalized spacial score (nSPS) is 21.4. The van der Waals surface area contributed by atoms with Crippen molar-refractivity contribution in [2.45, 2.75) is 52.4 Å². The highest BCUT2D eigenvalue weighted by molar-refractivity contribution is 5.82. The highest BCUT2D eigenvalue weighted by Gasteiger charge is 2.60. The first-order chi connectivity index (χ1) is 11.1. The Morgan fingerprint density at radius 1 is 1.39 bits per heavy atom. The lowest BCUT2D eigenvalue weighted by Crippen LogP contribution is -2.30. The van der Waals surface area contributed by atoms with Crippen LogP contribution in [0.25, 0.3) is 11.0 Å². The summed E-state index contributed by atoms with van der Waals surface area (Å²) in [5.41, 5.74) is 5.14. The molecule has 23 heavy (non-hydrogen) atoms. The number of amides is 1. The molecular weight excluding hydrogens is 286 g/mol. The van der Waals surface area contributed by atoms with E-state index in [1.807, 2.05) is 0 Å². The van der Waals surface area contributed by atoms with Crippen LogP contribution in [-0.2, 0) is 11.2 Å². The molecule has 0 bridgehead atoms. The molecule has 122 valence electrons. The maximum atomic E-state index is 12.1. The molecule has 0 saturated heterocycles. The van der Waals surface area contributed by atoms with Crippen LogP contribution in [0.1, 0.15) is 49.1 Å². The zero-order chi connectivity index (χ0) is 16.0. The summed E-state index contributed by atoms with van der Waals surface area (Å²) in [6.45, 7) is 4.99. The molecule has 4 heteroatoms. The summed E-state index contributed by atoms with van der Waals surface area (Å²) < 4.78 is 0. The number of hydrogen-bond donors (Lipinski definition) is 2. The fraction of sp³-hybridized carbons (Fsp3) is 0.579. The Bertz CT molecular complexity index is 757. The summed E-state index contributed by atoms with van der Waals surface area (Å²) >= 11 is 0. The van der Waals surface area contributed by atoms with Crippen LogP contribution in [0.15, 0.2) is 12.1 Å². The standard InChI is InChI=1S/C19H25N3O/c1-12-6-7-15-17(13(12)2)22-16(21-15)5-3-10-20-18(23)14-11-19(14)8-4-9-19/h6-7,14H,3-5,8-11H2,1-2H3,(H,20,23)(H,21,22). The van der Waals surface area contributed by atoms with Crippen molar-refractivity contribution >= 4 is 16.9 Å². The van der Waals surface area contributed by atoms with Gasteiger partial charge in [-0.2, -0.15) is 0 Å². The van der Waals surface area contributed by atoms with Crippen molar-refractivity contribution in [2.24, 2.45) is 11.3 Å². The number of nitrogens with zero attached hydrogens (tertiary/aromatic N) is 1. The molecule has 2 aliphatic rings. The van der Waals surface area contributed by atoms with E-state index in [9.17, 15) is 4.79 Å². The van der Waals surface area contributed by atoms with Gasteiger partial charge in [0.1, 0.15) is 5.82 Å². The van der Waals surface area contributed by atoms with Crippen molar-refractivity contribution < 1.29 is 4.79 Å². The number of nitrogens with one attached hydrogen (secondary N) is 2. The quantitative estimate of drug-likeness (QED) is 0.831. The van der Waals surface area contributed by atoms with Crippen LogP contribution in [0.3, 0.4) is 0 Å². The van der Waals surface area contributed by atoms with Gasteiger partial charge >= 0.3 is 0 Å². The topological polar surface area (TPSA) is 57.8 Å². The van der Waals surface area contributed by atoms with Gasteiger partial charge in [-0.25, -0.2) is 4.98 Å². The minimum Gasteiger partial charge on any atom is -0.356 e. The molecule has 1 heterocycles. The van der Waals surface area contributed by atoms with E-state index >= 15 is 0 Å². The minimum absolute atomic E-state index is 0.278. The molecular formula is C19H25N3O. The van der Waals surface area contributed by atoms with Crippen molar-refractivity contribution in [3.8, 4) is 0 Å². The molecule has 4 rings (SSSR count). The number of imidazole rings is 1. The lowest BCUT2D eigenvalue weighted by molar-refractivity contribution is -0.123. The predicted molar refractivity (Wildman–Crippen MR) is 91.3 cm³/mol. The fourth-order valence-corrected chi connectivity index (χ4v) is 3.98. The van der Waals surface area contributed by atoms with Crippen LogP contribution in [0.2, 0.25) is 0 Å². The molecule has 0 radical (unpaired) electrons. The molecule has 2 fully saturated rings. The van der Waals surface area contributed by atoms with Gasteiger partial charge in [0.15, 0.2) is 0 Å². The first kappa shape index (κ1) is 14.7. The molecule has 2 N–H and O–H groups in total. The predicted octanol–water partition coefficient (Wildman–Crippen LogP) is 3.42. The number of benzene rings is 1. The van der Waals surface area contributed by atoms with Crippen molar-refractivity contribution in [3.63, 3.8) is 0 Å². The SMILES string of the molecule is Cc1ccc2[nH]c(CCCNC(=O)C3CC34CCC4)nc2c1C. The van der Waals surface area contributed by atoms with Crippen molar-refractivity contribution in [2.75, 3.05) is 6.54 Å². The lowest BCUT2D eigenvalue weighted by Gasteiger charge is -2.26. The Kier molecular flexibility index (Phi) is 3.43. The molecule has 1 spiro atoms. The minimum atomic E-state index is 0.278. The Morgan fingerprint density at radius 2 is 2.22 bits per heavy atom. The Balaban J connectivity index is 1.28. The lowest BCUT2D eigenvalue weighted by atomic mass is 9.80. The maximum absolute atomic E-state index is 12.1. The zero-order valence-corrected chi connectivity index (χ0v) is 14.0. The number of rotatable bonds is 5. The van der Waals surface area contributed by atoms with Gasteiger partial charge in [-0.15, -0.1) is 0 Å². The van der Waals surface area contributed by atoms with Gasteiger partial charge in [-0.3, -0.25) is 4.79 Å². The second-order valence-electron chi connectivity index (χ2n) is 7.45. The average Bonchev–Trinajstić information content (AvgIpc) is 3.15. The monoisotopic (exact) mass is 311 g/mol. The van der Waals surface area contributed by atoms with E-state index in [0.717, 1.165) is 42.7 Å². The zero-order valence-electron chi connectivity index (χ0n) is 14.0. The Hall–Kier alpha value is -1.84. The fourth-order valence-electron chi connectivity index (χ4n) is 3.98.